The van der Waals surface area contributed by atoms with Crippen LogP contribution < -0.4 is 5.73 Å². The van der Waals surface area contributed by atoms with Crippen molar-refractivity contribution in [1.29, 1.82) is 0 Å². The van der Waals surface area contributed by atoms with Gasteiger partial charge in [-0.2, -0.15) is 0 Å². The van der Waals surface area contributed by atoms with Gasteiger partial charge in [-0.1, -0.05) is 27.7 Å². The Morgan fingerprint density at radius 2 is 1.82 bits per heavy atom. The van der Waals surface area contributed by atoms with Crippen molar-refractivity contribution in [3.05, 3.63) is 35.4 Å². The van der Waals surface area contributed by atoms with E-state index in [4.69, 9.17) is 5.73 Å². The third-order valence-corrected chi connectivity index (χ3v) is 3.44. The van der Waals surface area contributed by atoms with Crippen LogP contribution in [0.25, 0.3) is 0 Å². The van der Waals surface area contributed by atoms with Crippen molar-refractivity contribution >= 4 is 0 Å². The molecule has 0 heterocycles. The summed E-state index contributed by atoms with van der Waals surface area (Å²) < 4.78 is 26.6. The standard InChI is InChI=1S/C14H21F2N/c1-9(14(2,3)4)7-13(17)11-8-10(15)5-6-12(11)16/h5-6,8-9,13H,7,17H2,1-4H3. The molecule has 0 fully saturated rings. The van der Waals surface area contributed by atoms with Crippen molar-refractivity contribution < 1.29 is 8.78 Å². The maximum Gasteiger partial charge on any atom is 0.128 e. The minimum absolute atomic E-state index is 0.113. The molecular weight excluding hydrogens is 220 g/mol. The van der Waals surface area contributed by atoms with Crippen LogP contribution in [0.4, 0.5) is 8.78 Å². The van der Waals surface area contributed by atoms with Crippen LogP contribution in [0.2, 0.25) is 0 Å². The quantitative estimate of drug-likeness (QED) is 0.849. The molecule has 0 aliphatic carbocycles. The van der Waals surface area contributed by atoms with Gasteiger partial charge in [0.15, 0.2) is 0 Å². The highest BCUT2D eigenvalue weighted by Crippen LogP contribution is 2.33. The third-order valence-electron chi connectivity index (χ3n) is 3.44. The Labute approximate surface area is 102 Å². The first-order valence-corrected chi connectivity index (χ1v) is 5.92. The molecule has 0 radical (unpaired) electrons. The molecular formula is C14H21F2N. The van der Waals surface area contributed by atoms with Crippen LogP contribution >= 0.6 is 0 Å². The Balaban J connectivity index is 2.83. The van der Waals surface area contributed by atoms with Crippen molar-refractivity contribution in [2.24, 2.45) is 17.1 Å². The molecule has 1 nitrogen and oxygen atoms in total. The largest absolute Gasteiger partial charge is 0.324 e. The van der Waals surface area contributed by atoms with Crippen molar-refractivity contribution in [3.63, 3.8) is 0 Å². The smallest absolute Gasteiger partial charge is 0.128 e. The summed E-state index contributed by atoms with van der Waals surface area (Å²) in [4.78, 5) is 0. The van der Waals surface area contributed by atoms with Crippen LogP contribution in [0.5, 0.6) is 0 Å². The van der Waals surface area contributed by atoms with Crippen molar-refractivity contribution in [1.82, 2.24) is 0 Å². The molecule has 0 aromatic heterocycles. The van der Waals surface area contributed by atoms with Crippen LogP contribution in [0.1, 0.15) is 45.7 Å². The minimum atomic E-state index is -0.458. The molecule has 1 rings (SSSR count). The van der Waals surface area contributed by atoms with Crippen molar-refractivity contribution in [2.75, 3.05) is 0 Å². The van der Waals surface area contributed by atoms with Gasteiger partial charge >= 0.3 is 0 Å². The summed E-state index contributed by atoms with van der Waals surface area (Å²) in [6.45, 7) is 8.43. The van der Waals surface area contributed by atoms with Crippen molar-refractivity contribution in [3.8, 4) is 0 Å². The number of nitrogens with two attached hydrogens (primary N) is 1. The fraction of sp³-hybridized carbons (Fsp3) is 0.571. The highest BCUT2D eigenvalue weighted by molar-refractivity contribution is 5.22. The van der Waals surface area contributed by atoms with Gasteiger partial charge in [0.25, 0.3) is 0 Å². The van der Waals surface area contributed by atoms with Gasteiger partial charge in [-0.05, 0) is 36.0 Å². The Morgan fingerprint density at radius 1 is 1.24 bits per heavy atom. The summed E-state index contributed by atoms with van der Waals surface area (Å²) in [5.74, 6) is -0.541. The fourth-order valence-electron chi connectivity index (χ4n) is 1.66. The van der Waals surface area contributed by atoms with Gasteiger partial charge in [0.2, 0.25) is 0 Å². The van der Waals surface area contributed by atoms with E-state index in [2.05, 4.69) is 27.7 Å². The number of hydrogen-bond donors (Lipinski definition) is 1. The Bertz CT molecular complexity index is 382. The zero-order valence-corrected chi connectivity index (χ0v) is 10.9. The van der Waals surface area contributed by atoms with E-state index in [0.717, 1.165) is 12.1 Å². The van der Waals surface area contributed by atoms with Crippen molar-refractivity contribution in [2.45, 2.75) is 40.2 Å². The second-order valence-electron chi connectivity index (χ2n) is 5.78. The first-order valence-electron chi connectivity index (χ1n) is 5.92. The highest BCUT2D eigenvalue weighted by Gasteiger charge is 2.24. The van der Waals surface area contributed by atoms with Crippen LogP contribution in [0.3, 0.4) is 0 Å². The van der Waals surface area contributed by atoms with Crippen LogP contribution in [0, 0.1) is 23.0 Å². The van der Waals surface area contributed by atoms with E-state index in [1.165, 1.54) is 6.07 Å². The molecule has 0 saturated heterocycles. The molecule has 0 aliphatic rings. The van der Waals surface area contributed by atoms with E-state index < -0.39 is 17.7 Å². The fourth-order valence-corrected chi connectivity index (χ4v) is 1.66. The first-order chi connectivity index (χ1) is 7.71. The monoisotopic (exact) mass is 241 g/mol. The van der Waals surface area contributed by atoms with Gasteiger partial charge in [-0.3, -0.25) is 0 Å². The van der Waals surface area contributed by atoms with E-state index >= 15 is 0 Å². The number of hydrogen-bond acceptors (Lipinski definition) is 1. The molecule has 2 atom stereocenters. The molecule has 2 unspecified atom stereocenters. The lowest BCUT2D eigenvalue weighted by atomic mass is 9.78. The van der Waals surface area contributed by atoms with E-state index in [0.29, 0.717) is 12.3 Å². The average Bonchev–Trinajstić information content (AvgIpc) is 2.20. The number of rotatable bonds is 3. The summed E-state index contributed by atoms with van der Waals surface area (Å²) >= 11 is 0. The molecule has 2 N–H and O–H groups in total. The van der Waals surface area contributed by atoms with E-state index in [-0.39, 0.29) is 11.0 Å². The molecule has 96 valence electrons. The average molecular weight is 241 g/mol. The van der Waals surface area contributed by atoms with E-state index in [9.17, 15) is 8.78 Å². The second-order valence-corrected chi connectivity index (χ2v) is 5.78. The van der Waals surface area contributed by atoms with Gasteiger partial charge < -0.3 is 5.73 Å². The van der Waals surface area contributed by atoms with Gasteiger partial charge in [-0.15, -0.1) is 0 Å². The predicted octanol–water partition coefficient (Wildman–Crippen LogP) is 4.04. The third kappa shape index (κ3) is 3.77. The maximum absolute atomic E-state index is 13.5. The van der Waals surface area contributed by atoms with Crippen LogP contribution in [0.15, 0.2) is 18.2 Å². The van der Waals surface area contributed by atoms with Crippen LogP contribution in [-0.2, 0) is 0 Å². The molecule has 3 heteroatoms. The van der Waals surface area contributed by atoms with Gasteiger partial charge in [0.1, 0.15) is 11.6 Å². The molecule has 17 heavy (non-hydrogen) atoms. The molecule has 1 aromatic carbocycles. The maximum atomic E-state index is 13.5. The molecule has 0 amide bonds. The zero-order chi connectivity index (χ0) is 13.2. The molecule has 0 bridgehead atoms. The topological polar surface area (TPSA) is 26.0 Å². The summed E-state index contributed by atoms with van der Waals surface area (Å²) in [6, 6.07) is 2.97. The lowest BCUT2D eigenvalue weighted by Crippen LogP contribution is -2.23. The molecule has 0 spiro atoms. The number of benzene rings is 1. The van der Waals surface area contributed by atoms with E-state index in [1.807, 2.05) is 0 Å². The van der Waals surface area contributed by atoms with Gasteiger partial charge in [0, 0.05) is 11.6 Å². The van der Waals surface area contributed by atoms with E-state index in [1.54, 1.807) is 0 Å². The Hall–Kier alpha value is -0.960. The van der Waals surface area contributed by atoms with Gasteiger partial charge in [0.05, 0.1) is 0 Å². The molecule has 0 saturated carbocycles. The Kier molecular flexibility index (Phi) is 4.26. The lowest BCUT2D eigenvalue weighted by molar-refractivity contribution is 0.232. The summed E-state index contributed by atoms with van der Waals surface area (Å²) in [6.07, 6.45) is 0.643. The summed E-state index contributed by atoms with van der Waals surface area (Å²) in [7, 11) is 0. The summed E-state index contributed by atoms with van der Waals surface area (Å²) in [5.41, 5.74) is 6.33. The normalized spacial score (nSPS) is 15.7. The molecule has 1 aromatic rings. The highest BCUT2D eigenvalue weighted by atomic mass is 19.1. The predicted molar refractivity (Wildman–Crippen MR) is 66.5 cm³/mol. The second kappa shape index (κ2) is 5.13. The summed E-state index contributed by atoms with van der Waals surface area (Å²) in [5, 5.41) is 0. The van der Waals surface area contributed by atoms with Gasteiger partial charge in [-0.25, -0.2) is 8.78 Å². The Morgan fingerprint density at radius 3 is 2.35 bits per heavy atom. The molecule has 0 aliphatic heterocycles. The minimum Gasteiger partial charge on any atom is -0.324 e. The van der Waals surface area contributed by atoms with Crippen LogP contribution in [-0.4, -0.2) is 0 Å². The zero-order valence-electron chi connectivity index (χ0n) is 10.9. The number of halogens is 2. The first kappa shape index (κ1) is 14.1. The SMILES string of the molecule is CC(CC(N)c1cc(F)ccc1F)C(C)(C)C. The lowest BCUT2D eigenvalue weighted by Gasteiger charge is -2.29.